The van der Waals surface area contributed by atoms with Crippen molar-refractivity contribution in [1.29, 1.82) is 0 Å². The van der Waals surface area contributed by atoms with E-state index in [0.29, 0.717) is 18.5 Å². The zero-order chi connectivity index (χ0) is 20.8. The van der Waals surface area contributed by atoms with Gasteiger partial charge in [-0.15, -0.1) is 0 Å². The highest BCUT2D eigenvalue weighted by Crippen LogP contribution is 2.36. The first kappa shape index (κ1) is 20.2. The van der Waals surface area contributed by atoms with Crippen molar-refractivity contribution in [2.45, 2.75) is 12.3 Å². The third kappa shape index (κ3) is 4.84. The third-order valence-electron chi connectivity index (χ3n) is 4.72. The van der Waals surface area contributed by atoms with E-state index in [4.69, 9.17) is 9.47 Å². The average molecular weight is 397 g/mol. The Hall–Kier alpha value is -3.55. The zero-order valence-corrected chi connectivity index (χ0v) is 16.3. The summed E-state index contributed by atoms with van der Waals surface area (Å²) in [5.74, 6) is -0.000809. The van der Waals surface area contributed by atoms with E-state index in [1.807, 2.05) is 30.3 Å². The number of aromatic hydroxyl groups is 1. The molecule has 0 unspecified atom stereocenters. The molecule has 2 aromatic rings. The number of likely N-dealkylation sites (tertiary alicyclic amines) is 1. The normalized spacial score (nSPS) is 16.3. The molecule has 1 heterocycles. The van der Waals surface area contributed by atoms with Crippen LogP contribution in [0.4, 0.5) is 0 Å². The summed E-state index contributed by atoms with van der Waals surface area (Å²) in [6, 6.07) is 12.9. The fourth-order valence-electron chi connectivity index (χ4n) is 3.25. The molecule has 0 radical (unpaired) electrons. The fourth-order valence-corrected chi connectivity index (χ4v) is 3.25. The number of hydrogen-bond donors (Lipinski definition) is 2. The monoisotopic (exact) mass is 397 g/mol. The Morgan fingerprint density at radius 3 is 2.52 bits per heavy atom. The predicted molar refractivity (Wildman–Crippen MR) is 107 cm³/mol. The van der Waals surface area contributed by atoms with Crippen molar-refractivity contribution in [2.75, 3.05) is 27.3 Å². The first-order chi connectivity index (χ1) is 14.0. The minimum absolute atomic E-state index is 0.0500. The van der Waals surface area contributed by atoms with Gasteiger partial charge in [0.05, 0.1) is 20.4 Å². The molecule has 0 aromatic heterocycles. The lowest BCUT2D eigenvalue weighted by molar-refractivity contribution is -0.133. The van der Waals surface area contributed by atoms with Crippen LogP contribution >= 0.6 is 0 Å². The van der Waals surface area contributed by atoms with Gasteiger partial charge < -0.3 is 19.5 Å². The largest absolute Gasteiger partial charge is 0.502 e. The van der Waals surface area contributed by atoms with Crippen LogP contribution in [0.3, 0.4) is 0 Å². The number of amides is 2. The molecule has 1 fully saturated rings. The van der Waals surface area contributed by atoms with Gasteiger partial charge in [-0.05, 0) is 17.7 Å². The van der Waals surface area contributed by atoms with Crippen LogP contribution in [0.25, 0.3) is 0 Å². The maximum absolute atomic E-state index is 12.2. The second-order valence-corrected chi connectivity index (χ2v) is 6.65. The Balaban J connectivity index is 1.57. The number of phenols is 1. The lowest BCUT2D eigenvalue weighted by Crippen LogP contribution is -2.36. The molecule has 0 aliphatic carbocycles. The summed E-state index contributed by atoms with van der Waals surface area (Å²) in [7, 11) is 2.85. The van der Waals surface area contributed by atoms with Crippen molar-refractivity contribution >= 4 is 18.0 Å². The molecule has 1 aliphatic heterocycles. The standard InChI is InChI=1S/C21H23N3O5/c1-28-17-8-14(9-18(29-2)21(17)27)11-22-23-19(25)13-24-12-16(10-20(24)26)15-6-4-3-5-7-15/h3-9,11,16,27H,10,12-13H2,1-2H3,(H,23,25)/b22-11-/t16-/m0/s1. The Morgan fingerprint density at radius 1 is 1.24 bits per heavy atom. The van der Waals surface area contributed by atoms with Gasteiger partial charge in [-0.3, -0.25) is 9.59 Å². The number of phenolic OH excluding ortho intramolecular Hbond substituents is 1. The maximum Gasteiger partial charge on any atom is 0.259 e. The van der Waals surface area contributed by atoms with Crippen molar-refractivity contribution in [3.8, 4) is 17.2 Å². The van der Waals surface area contributed by atoms with Crippen LogP contribution in [0.5, 0.6) is 17.2 Å². The smallest absolute Gasteiger partial charge is 0.259 e. The molecule has 2 aromatic carbocycles. The Labute approximate surface area is 168 Å². The van der Waals surface area contributed by atoms with Gasteiger partial charge in [0.25, 0.3) is 5.91 Å². The summed E-state index contributed by atoms with van der Waals surface area (Å²) in [6.07, 6.45) is 1.80. The van der Waals surface area contributed by atoms with Crippen LogP contribution in [0.15, 0.2) is 47.6 Å². The summed E-state index contributed by atoms with van der Waals surface area (Å²) in [4.78, 5) is 25.9. The van der Waals surface area contributed by atoms with Crippen LogP contribution in [0.2, 0.25) is 0 Å². The van der Waals surface area contributed by atoms with E-state index in [0.717, 1.165) is 5.56 Å². The molecular formula is C21H23N3O5. The van der Waals surface area contributed by atoms with E-state index in [-0.39, 0.29) is 41.5 Å². The van der Waals surface area contributed by atoms with Crippen molar-refractivity contribution in [3.63, 3.8) is 0 Å². The Morgan fingerprint density at radius 2 is 1.90 bits per heavy atom. The topological polar surface area (TPSA) is 100 Å². The SMILES string of the molecule is COc1cc(/C=N\NC(=O)CN2C[C@@H](c3ccccc3)CC2=O)cc(OC)c1O. The number of methoxy groups -OCH3 is 2. The minimum atomic E-state index is -0.388. The molecule has 3 rings (SSSR count). The summed E-state index contributed by atoms with van der Waals surface area (Å²) in [5.41, 5.74) is 4.08. The van der Waals surface area contributed by atoms with Crippen molar-refractivity contribution < 1.29 is 24.2 Å². The van der Waals surface area contributed by atoms with Crippen molar-refractivity contribution in [2.24, 2.45) is 5.10 Å². The van der Waals surface area contributed by atoms with E-state index in [2.05, 4.69) is 10.5 Å². The highest BCUT2D eigenvalue weighted by atomic mass is 16.5. The molecule has 29 heavy (non-hydrogen) atoms. The number of rotatable bonds is 7. The summed E-state index contributed by atoms with van der Waals surface area (Å²) < 4.78 is 10.2. The van der Waals surface area contributed by atoms with Crippen molar-refractivity contribution in [3.05, 3.63) is 53.6 Å². The average Bonchev–Trinajstić information content (AvgIpc) is 3.09. The summed E-state index contributed by atoms with van der Waals surface area (Å²) in [6.45, 7) is 0.452. The lowest BCUT2D eigenvalue weighted by Gasteiger charge is -2.15. The van der Waals surface area contributed by atoms with Gasteiger partial charge in [0.15, 0.2) is 11.5 Å². The molecule has 0 spiro atoms. The number of nitrogens with one attached hydrogen (secondary N) is 1. The Kier molecular flexibility index (Phi) is 6.33. The van der Waals surface area contributed by atoms with Crippen LogP contribution in [-0.2, 0) is 9.59 Å². The number of ether oxygens (including phenoxy) is 2. The quantitative estimate of drug-likeness (QED) is 0.549. The van der Waals surface area contributed by atoms with Gasteiger partial charge in [0.2, 0.25) is 11.7 Å². The van der Waals surface area contributed by atoms with Crippen LogP contribution < -0.4 is 14.9 Å². The summed E-state index contributed by atoms with van der Waals surface area (Å²) in [5, 5.41) is 13.8. The third-order valence-corrected chi connectivity index (χ3v) is 4.72. The molecule has 0 saturated carbocycles. The molecule has 1 atom stereocenters. The second-order valence-electron chi connectivity index (χ2n) is 6.65. The first-order valence-corrected chi connectivity index (χ1v) is 9.11. The minimum Gasteiger partial charge on any atom is -0.502 e. The summed E-state index contributed by atoms with van der Waals surface area (Å²) >= 11 is 0. The molecule has 2 amide bonds. The van der Waals surface area contributed by atoms with E-state index in [1.54, 1.807) is 12.1 Å². The van der Waals surface area contributed by atoms with E-state index >= 15 is 0 Å². The molecule has 1 aliphatic rings. The number of nitrogens with zero attached hydrogens (tertiary/aromatic N) is 2. The number of hydrazone groups is 1. The number of carbonyl (C=O) groups is 2. The number of carbonyl (C=O) groups excluding carboxylic acids is 2. The maximum atomic E-state index is 12.2. The van der Waals surface area contributed by atoms with Gasteiger partial charge in [-0.1, -0.05) is 30.3 Å². The van der Waals surface area contributed by atoms with Crippen molar-refractivity contribution in [1.82, 2.24) is 10.3 Å². The predicted octanol–water partition coefficient (Wildman–Crippen LogP) is 1.88. The molecular weight excluding hydrogens is 374 g/mol. The van der Waals surface area contributed by atoms with E-state index in [1.165, 1.54) is 25.3 Å². The van der Waals surface area contributed by atoms with Crippen LogP contribution in [0.1, 0.15) is 23.5 Å². The van der Waals surface area contributed by atoms with Gasteiger partial charge in [-0.2, -0.15) is 5.10 Å². The van der Waals surface area contributed by atoms with E-state index < -0.39 is 0 Å². The highest BCUT2D eigenvalue weighted by Gasteiger charge is 2.31. The van der Waals surface area contributed by atoms with Crippen LogP contribution in [-0.4, -0.2) is 55.3 Å². The molecule has 1 saturated heterocycles. The molecule has 8 nitrogen and oxygen atoms in total. The number of hydrogen-bond acceptors (Lipinski definition) is 6. The van der Waals surface area contributed by atoms with E-state index in [9.17, 15) is 14.7 Å². The highest BCUT2D eigenvalue weighted by molar-refractivity contribution is 5.88. The van der Waals surface area contributed by atoms with Gasteiger partial charge in [0.1, 0.15) is 6.54 Å². The van der Waals surface area contributed by atoms with Crippen LogP contribution in [0, 0.1) is 0 Å². The van der Waals surface area contributed by atoms with Gasteiger partial charge in [0, 0.05) is 24.4 Å². The second kappa shape index (κ2) is 9.09. The first-order valence-electron chi connectivity index (χ1n) is 9.11. The number of benzene rings is 2. The molecule has 2 N–H and O–H groups in total. The molecule has 0 bridgehead atoms. The lowest BCUT2D eigenvalue weighted by atomic mass is 9.99. The Bertz CT molecular complexity index is 889. The van der Waals surface area contributed by atoms with Gasteiger partial charge >= 0.3 is 0 Å². The zero-order valence-electron chi connectivity index (χ0n) is 16.3. The molecule has 152 valence electrons. The van der Waals surface area contributed by atoms with Gasteiger partial charge in [-0.25, -0.2) is 5.43 Å². The fraction of sp³-hybridized carbons (Fsp3) is 0.286. The molecule has 8 heteroatoms.